The first kappa shape index (κ1) is 18.9. The van der Waals surface area contributed by atoms with E-state index in [2.05, 4.69) is 5.87 Å². The van der Waals surface area contributed by atoms with E-state index in [1.165, 1.54) is 7.11 Å². The van der Waals surface area contributed by atoms with Crippen LogP contribution in [0.25, 0.3) is 0 Å². The van der Waals surface area contributed by atoms with Crippen LogP contribution in [-0.2, 0) is 19.2 Å². The number of carbonyl (C=O) groups excluding carboxylic acids is 1. The molecule has 0 aliphatic heterocycles. The lowest BCUT2D eigenvalue weighted by atomic mass is 10.2. The van der Waals surface area contributed by atoms with E-state index >= 15 is 0 Å². The quantitative estimate of drug-likeness (QED) is 0.334. The first-order valence-electron chi connectivity index (χ1n) is 6.37. The summed E-state index contributed by atoms with van der Waals surface area (Å²) in [4.78, 5) is 12.1. The molecule has 0 aliphatic rings. The molecule has 0 saturated carbocycles. The molecule has 0 saturated heterocycles. The summed E-state index contributed by atoms with van der Waals surface area (Å²) in [5, 5.41) is 9.29. The maximum absolute atomic E-state index is 12.8. The first-order valence-corrected chi connectivity index (χ1v) is 8.05. The maximum Gasteiger partial charge on any atom is 0.338 e. The molecule has 2 unspecified atom stereocenters. The average Bonchev–Trinajstić information content (AvgIpc) is 2.40. The topological polar surface area (TPSA) is 66.8 Å². The fourth-order valence-electron chi connectivity index (χ4n) is 1.53. The van der Waals surface area contributed by atoms with E-state index in [1.54, 1.807) is 44.3 Å². The van der Waals surface area contributed by atoms with Crippen LogP contribution in [0.15, 0.2) is 22.6 Å². The van der Waals surface area contributed by atoms with Crippen molar-refractivity contribution in [1.82, 2.24) is 4.31 Å². The Kier molecular flexibility index (Phi) is 7.78. The number of hydrogen-bond donors (Lipinski definition) is 1. The number of methoxy groups -OCH3 is 1. The number of carbonyl (C=O) groups is 1. The molecule has 1 N–H and O–H groups in total. The lowest BCUT2D eigenvalue weighted by Crippen LogP contribution is -2.31. The molecule has 0 aromatic rings. The fourth-order valence-corrected chi connectivity index (χ4v) is 2.89. The highest BCUT2D eigenvalue weighted by Crippen LogP contribution is 2.18. The first-order chi connectivity index (χ1) is 9.18. The highest BCUT2D eigenvalue weighted by Gasteiger charge is 2.20. The second kappa shape index (κ2) is 8.24. The Labute approximate surface area is 122 Å². The van der Waals surface area contributed by atoms with Gasteiger partial charge in [-0.2, -0.15) is 0 Å². The van der Waals surface area contributed by atoms with Crippen LogP contribution in [0, 0.1) is 0 Å². The summed E-state index contributed by atoms with van der Waals surface area (Å²) in [6.45, 7) is 5.46. The Morgan fingerprint density at radius 1 is 1.55 bits per heavy atom. The molecular formula is C14H25NO4S. The number of aliphatic hydroxyl groups excluding tert-OH is 1. The van der Waals surface area contributed by atoms with Crippen LogP contribution in [0.3, 0.4) is 0 Å². The number of ether oxygens (including phenoxy) is 1. The van der Waals surface area contributed by atoms with Crippen molar-refractivity contribution in [2.24, 2.45) is 0 Å². The predicted octanol–water partition coefficient (Wildman–Crippen LogP) is 1.34. The summed E-state index contributed by atoms with van der Waals surface area (Å²) < 4.78 is 19.0. The third kappa shape index (κ3) is 5.11. The van der Waals surface area contributed by atoms with Gasteiger partial charge in [0.2, 0.25) is 0 Å². The van der Waals surface area contributed by atoms with E-state index in [-0.39, 0.29) is 5.57 Å². The lowest BCUT2D eigenvalue weighted by Gasteiger charge is -2.24. The molecule has 0 aromatic carbocycles. The van der Waals surface area contributed by atoms with Gasteiger partial charge >= 0.3 is 5.97 Å². The van der Waals surface area contributed by atoms with Crippen molar-refractivity contribution in [3.05, 3.63) is 22.6 Å². The smallest absolute Gasteiger partial charge is 0.338 e. The summed E-state index contributed by atoms with van der Waals surface area (Å²) in [7, 11) is 0.176. The van der Waals surface area contributed by atoms with Crippen LogP contribution in [-0.4, -0.2) is 52.3 Å². The number of aliphatic hydroxyl groups is 1. The van der Waals surface area contributed by atoms with Crippen molar-refractivity contribution in [3.63, 3.8) is 0 Å². The molecule has 0 bridgehead atoms. The Morgan fingerprint density at radius 3 is 2.50 bits per heavy atom. The van der Waals surface area contributed by atoms with Gasteiger partial charge in [0.05, 0.1) is 28.5 Å². The zero-order valence-electron chi connectivity index (χ0n) is 12.9. The molecule has 0 fully saturated rings. The Balaban J connectivity index is 5.48. The van der Waals surface area contributed by atoms with Crippen molar-refractivity contribution in [2.75, 3.05) is 20.7 Å². The average molecular weight is 303 g/mol. The number of esters is 1. The molecule has 0 amide bonds. The second-order valence-electron chi connectivity index (χ2n) is 4.59. The molecule has 6 heteroatoms. The van der Waals surface area contributed by atoms with Gasteiger partial charge in [-0.3, -0.25) is 0 Å². The van der Waals surface area contributed by atoms with E-state index in [4.69, 9.17) is 4.74 Å². The molecule has 20 heavy (non-hydrogen) atoms. The van der Waals surface area contributed by atoms with Crippen LogP contribution in [0.4, 0.5) is 0 Å². The third-order valence-electron chi connectivity index (χ3n) is 2.96. The standard InChI is InChI=1S/C14H25NO4S/c1-7-8-13(14(17)19-5)12(3)20(6,18)15(4)10-9-11(2)16/h7-8,11,16H,6,9-10H2,1-5H3. The van der Waals surface area contributed by atoms with Crippen molar-refractivity contribution in [2.45, 2.75) is 33.3 Å². The Bertz CT molecular complexity index is 489. The van der Waals surface area contributed by atoms with Gasteiger partial charge in [-0.05, 0) is 40.1 Å². The maximum atomic E-state index is 12.8. The fraction of sp³-hybridized carbons (Fsp3) is 0.571. The van der Waals surface area contributed by atoms with Crippen LogP contribution >= 0.6 is 0 Å². The van der Waals surface area contributed by atoms with Gasteiger partial charge in [0.15, 0.2) is 0 Å². The number of rotatable bonds is 7. The van der Waals surface area contributed by atoms with Gasteiger partial charge in [-0.25, -0.2) is 13.3 Å². The lowest BCUT2D eigenvalue weighted by molar-refractivity contribution is -0.135. The Morgan fingerprint density at radius 2 is 2.10 bits per heavy atom. The van der Waals surface area contributed by atoms with Gasteiger partial charge < -0.3 is 9.84 Å². The number of allylic oxidation sites excluding steroid dienone is 2. The summed E-state index contributed by atoms with van der Waals surface area (Å²) in [5.41, 5.74) is 0.249. The zero-order valence-corrected chi connectivity index (χ0v) is 13.7. The highest BCUT2D eigenvalue weighted by atomic mass is 32.2. The van der Waals surface area contributed by atoms with E-state index in [1.807, 2.05) is 0 Å². The van der Waals surface area contributed by atoms with Crippen molar-refractivity contribution in [1.29, 1.82) is 0 Å². The molecule has 0 aliphatic carbocycles. The van der Waals surface area contributed by atoms with Crippen LogP contribution in [0.2, 0.25) is 0 Å². The van der Waals surface area contributed by atoms with Crippen molar-refractivity contribution < 1.29 is 18.8 Å². The minimum atomic E-state index is -2.76. The molecule has 0 aromatic heterocycles. The summed E-state index contributed by atoms with van der Waals surface area (Å²) in [6, 6.07) is 0. The minimum Gasteiger partial charge on any atom is -0.465 e. The molecule has 0 heterocycles. The van der Waals surface area contributed by atoms with Crippen molar-refractivity contribution >= 4 is 21.5 Å². The molecule has 5 nitrogen and oxygen atoms in total. The minimum absolute atomic E-state index is 0.249. The Hall–Kier alpha value is -1.11. The highest BCUT2D eigenvalue weighted by molar-refractivity contribution is 8.01. The molecule has 0 rings (SSSR count). The molecule has 0 spiro atoms. The van der Waals surface area contributed by atoms with E-state index < -0.39 is 21.8 Å². The van der Waals surface area contributed by atoms with Crippen LogP contribution < -0.4 is 0 Å². The van der Waals surface area contributed by atoms with Crippen molar-refractivity contribution in [3.8, 4) is 0 Å². The third-order valence-corrected chi connectivity index (χ3v) is 5.33. The number of hydrogen-bond acceptors (Lipinski definition) is 4. The zero-order chi connectivity index (χ0) is 15.9. The molecule has 2 atom stereocenters. The van der Waals surface area contributed by atoms with Gasteiger partial charge in [0.1, 0.15) is 0 Å². The largest absolute Gasteiger partial charge is 0.465 e. The summed E-state index contributed by atoms with van der Waals surface area (Å²) in [6.07, 6.45) is 3.25. The van der Waals surface area contributed by atoms with Crippen LogP contribution in [0.1, 0.15) is 27.2 Å². The second-order valence-corrected chi connectivity index (χ2v) is 7.11. The SMILES string of the molecule is C=S(=O)(C(C)=C(C=CC)C(=O)OC)N(C)CCC(C)O. The van der Waals surface area contributed by atoms with E-state index in [9.17, 15) is 14.1 Å². The van der Waals surface area contributed by atoms with E-state index in [0.29, 0.717) is 17.9 Å². The van der Waals surface area contributed by atoms with Crippen LogP contribution in [0.5, 0.6) is 0 Å². The molecule has 116 valence electrons. The predicted molar refractivity (Wildman–Crippen MR) is 83.7 cm³/mol. The normalized spacial score (nSPS) is 17.8. The summed E-state index contributed by atoms with van der Waals surface area (Å²) in [5.74, 6) is 3.20. The van der Waals surface area contributed by atoms with Gasteiger partial charge in [0.25, 0.3) is 0 Å². The molecule has 0 radical (unpaired) electrons. The summed E-state index contributed by atoms with van der Waals surface area (Å²) >= 11 is 0. The van der Waals surface area contributed by atoms with E-state index in [0.717, 1.165) is 0 Å². The van der Waals surface area contributed by atoms with Gasteiger partial charge in [-0.1, -0.05) is 12.2 Å². The number of nitrogens with zero attached hydrogens (tertiary/aromatic N) is 1. The molecular weight excluding hydrogens is 278 g/mol. The van der Waals surface area contributed by atoms with Gasteiger partial charge in [-0.15, -0.1) is 0 Å². The monoisotopic (exact) mass is 303 g/mol. The van der Waals surface area contributed by atoms with Gasteiger partial charge in [0, 0.05) is 11.4 Å².